The van der Waals surface area contributed by atoms with E-state index in [0.717, 1.165) is 18.2 Å². The van der Waals surface area contributed by atoms with E-state index in [1.807, 2.05) is 30.3 Å². The summed E-state index contributed by atoms with van der Waals surface area (Å²) in [7, 11) is -1.83. The maximum absolute atomic E-state index is 12.4. The van der Waals surface area contributed by atoms with E-state index < -0.39 is 10.0 Å². The van der Waals surface area contributed by atoms with E-state index in [4.69, 9.17) is 4.74 Å². The molecule has 2 aromatic carbocycles. The highest BCUT2D eigenvalue weighted by molar-refractivity contribution is 7.92. The molecule has 7 heteroatoms. The van der Waals surface area contributed by atoms with Crippen LogP contribution in [0.2, 0.25) is 0 Å². The van der Waals surface area contributed by atoms with Crippen LogP contribution in [0.4, 0.5) is 5.69 Å². The molecule has 1 amide bonds. The first-order chi connectivity index (χ1) is 13.2. The Kier molecular flexibility index (Phi) is 7.45. The second-order valence-corrected chi connectivity index (χ2v) is 9.19. The molecular formula is C21H28N2O4S. The Morgan fingerprint density at radius 3 is 2.21 bits per heavy atom. The molecule has 6 nitrogen and oxygen atoms in total. The first-order valence-electron chi connectivity index (χ1n) is 9.18. The Morgan fingerprint density at radius 2 is 1.68 bits per heavy atom. The van der Waals surface area contributed by atoms with Gasteiger partial charge < -0.3 is 10.1 Å². The molecule has 0 radical (unpaired) electrons. The van der Waals surface area contributed by atoms with Crippen LogP contribution in [0.1, 0.15) is 31.9 Å². The van der Waals surface area contributed by atoms with Gasteiger partial charge in [-0.1, -0.05) is 44.2 Å². The molecule has 1 N–H and O–H groups in total. The van der Waals surface area contributed by atoms with Gasteiger partial charge in [0.15, 0.2) is 6.61 Å². The quantitative estimate of drug-likeness (QED) is 0.695. The first kappa shape index (κ1) is 21.8. The van der Waals surface area contributed by atoms with Crippen LogP contribution in [0.15, 0.2) is 54.6 Å². The second-order valence-electron chi connectivity index (χ2n) is 7.17. The number of benzene rings is 2. The minimum Gasteiger partial charge on any atom is -0.484 e. The summed E-state index contributed by atoms with van der Waals surface area (Å²) in [5.74, 6) is 0.735. The summed E-state index contributed by atoms with van der Waals surface area (Å²) >= 11 is 0. The molecule has 0 heterocycles. The lowest BCUT2D eigenvalue weighted by Crippen LogP contribution is -2.33. The van der Waals surface area contributed by atoms with Crippen LogP contribution in [0.25, 0.3) is 0 Å². The lowest BCUT2D eigenvalue weighted by Gasteiger charge is -2.21. The van der Waals surface area contributed by atoms with Crippen molar-refractivity contribution in [2.24, 2.45) is 5.92 Å². The fraction of sp³-hybridized carbons (Fsp3) is 0.381. The molecule has 0 aliphatic rings. The van der Waals surface area contributed by atoms with Gasteiger partial charge in [-0.25, -0.2) is 8.42 Å². The van der Waals surface area contributed by atoms with Crippen LogP contribution in [0, 0.1) is 5.92 Å². The van der Waals surface area contributed by atoms with E-state index in [2.05, 4.69) is 19.2 Å². The summed E-state index contributed by atoms with van der Waals surface area (Å²) in [5, 5.41) is 3.03. The van der Waals surface area contributed by atoms with Crippen molar-refractivity contribution in [3.63, 3.8) is 0 Å². The SMILES string of the molecule is CC(C)C[C@@H](NC(=O)COc1ccc(N(C)S(C)(=O)=O)cc1)c1ccccc1. The Bertz CT molecular complexity index is 865. The van der Waals surface area contributed by atoms with E-state index >= 15 is 0 Å². The van der Waals surface area contributed by atoms with Crippen LogP contribution in [-0.2, 0) is 14.8 Å². The fourth-order valence-corrected chi connectivity index (χ4v) is 3.27. The molecule has 0 aliphatic heterocycles. The summed E-state index contributed by atoms with van der Waals surface area (Å²) < 4.78 is 29.9. The van der Waals surface area contributed by atoms with E-state index in [1.54, 1.807) is 24.3 Å². The molecule has 0 bridgehead atoms. The Balaban J connectivity index is 1.95. The standard InChI is InChI=1S/C21H28N2O4S/c1-16(2)14-20(17-8-6-5-7-9-17)22-21(24)15-27-19-12-10-18(11-13-19)23(3)28(4,25)26/h5-13,16,20H,14-15H2,1-4H3,(H,22,24)/t20-/m1/s1. The monoisotopic (exact) mass is 404 g/mol. The highest BCUT2D eigenvalue weighted by atomic mass is 32.2. The summed E-state index contributed by atoms with van der Waals surface area (Å²) in [5.41, 5.74) is 1.60. The average Bonchev–Trinajstić information content (AvgIpc) is 2.65. The Labute approximate surface area is 167 Å². The van der Waals surface area contributed by atoms with Crippen molar-refractivity contribution in [2.75, 3.05) is 24.2 Å². The Morgan fingerprint density at radius 1 is 1.07 bits per heavy atom. The summed E-state index contributed by atoms with van der Waals surface area (Å²) in [4.78, 5) is 12.4. The number of hydrogen-bond acceptors (Lipinski definition) is 4. The number of sulfonamides is 1. The molecule has 0 spiro atoms. The van der Waals surface area contributed by atoms with Gasteiger partial charge in [0.25, 0.3) is 5.91 Å². The molecule has 28 heavy (non-hydrogen) atoms. The van der Waals surface area contributed by atoms with Gasteiger partial charge >= 0.3 is 0 Å². The third kappa shape index (κ3) is 6.56. The van der Waals surface area contributed by atoms with Crippen LogP contribution >= 0.6 is 0 Å². The number of nitrogens with one attached hydrogen (secondary N) is 1. The Hall–Kier alpha value is -2.54. The van der Waals surface area contributed by atoms with Crippen LogP contribution < -0.4 is 14.4 Å². The van der Waals surface area contributed by atoms with Gasteiger partial charge in [-0.05, 0) is 42.2 Å². The molecule has 0 saturated heterocycles. The average molecular weight is 405 g/mol. The van der Waals surface area contributed by atoms with Gasteiger partial charge in [0.05, 0.1) is 18.0 Å². The van der Waals surface area contributed by atoms with Crippen LogP contribution in [0.3, 0.4) is 0 Å². The largest absolute Gasteiger partial charge is 0.484 e. The summed E-state index contributed by atoms with van der Waals surface area (Å²) in [6.45, 7) is 4.13. The number of ether oxygens (including phenoxy) is 1. The van der Waals surface area contributed by atoms with Crippen LogP contribution in [-0.4, -0.2) is 34.2 Å². The van der Waals surface area contributed by atoms with Gasteiger partial charge in [-0.15, -0.1) is 0 Å². The molecule has 0 aromatic heterocycles. The van der Waals surface area contributed by atoms with E-state index in [9.17, 15) is 13.2 Å². The predicted molar refractivity (Wildman–Crippen MR) is 112 cm³/mol. The predicted octanol–water partition coefficient (Wildman–Crippen LogP) is 3.36. The van der Waals surface area contributed by atoms with Crippen molar-refractivity contribution < 1.29 is 17.9 Å². The molecule has 2 aromatic rings. The van der Waals surface area contributed by atoms with Crippen LogP contribution in [0.5, 0.6) is 5.75 Å². The molecule has 1 atom stereocenters. The highest BCUT2D eigenvalue weighted by Gasteiger charge is 2.16. The van der Waals surface area contributed by atoms with Crippen molar-refractivity contribution >= 4 is 21.6 Å². The number of anilines is 1. The molecule has 0 saturated carbocycles. The van der Waals surface area contributed by atoms with Gasteiger partial charge in [-0.3, -0.25) is 9.10 Å². The molecular weight excluding hydrogens is 376 g/mol. The number of rotatable bonds is 9. The van der Waals surface area contributed by atoms with Crippen molar-refractivity contribution in [3.8, 4) is 5.75 Å². The molecule has 0 fully saturated rings. The summed E-state index contributed by atoms with van der Waals surface area (Å²) in [6.07, 6.45) is 1.98. The van der Waals surface area contributed by atoms with Gasteiger partial charge in [-0.2, -0.15) is 0 Å². The zero-order chi connectivity index (χ0) is 20.7. The smallest absolute Gasteiger partial charge is 0.258 e. The highest BCUT2D eigenvalue weighted by Crippen LogP contribution is 2.22. The van der Waals surface area contributed by atoms with Gasteiger partial charge in [0.2, 0.25) is 10.0 Å². The van der Waals surface area contributed by atoms with Gasteiger partial charge in [0.1, 0.15) is 5.75 Å². The third-order valence-electron chi connectivity index (χ3n) is 4.31. The summed E-state index contributed by atoms with van der Waals surface area (Å²) in [6, 6.07) is 16.4. The number of nitrogens with zero attached hydrogens (tertiary/aromatic N) is 1. The normalized spacial score (nSPS) is 12.5. The fourth-order valence-electron chi connectivity index (χ4n) is 2.76. The lowest BCUT2D eigenvalue weighted by molar-refractivity contribution is -0.124. The van der Waals surface area contributed by atoms with Gasteiger partial charge in [0, 0.05) is 7.05 Å². The topological polar surface area (TPSA) is 75.7 Å². The van der Waals surface area contributed by atoms with Crippen molar-refractivity contribution in [3.05, 3.63) is 60.2 Å². The second kappa shape index (κ2) is 9.59. The zero-order valence-electron chi connectivity index (χ0n) is 16.8. The molecule has 0 aliphatic carbocycles. The van der Waals surface area contributed by atoms with E-state index in [-0.39, 0.29) is 18.6 Å². The lowest BCUT2D eigenvalue weighted by atomic mass is 9.97. The van der Waals surface area contributed by atoms with Crippen molar-refractivity contribution in [1.82, 2.24) is 5.32 Å². The molecule has 0 unspecified atom stereocenters. The van der Waals surface area contributed by atoms with Crippen molar-refractivity contribution in [2.45, 2.75) is 26.3 Å². The first-order valence-corrected chi connectivity index (χ1v) is 11.0. The number of carbonyl (C=O) groups excluding carboxylic acids is 1. The maximum atomic E-state index is 12.4. The number of amides is 1. The molecule has 2 rings (SSSR count). The third-order valence-corrected chi connectivity index (χ3v) is 5.52. The number of carbonyl (C=O) groups is 1. The minimum atomic E-state index is -3.32. The van der Waals surface area contributed by atoms with E-state index in [0.29, 0.717) is 17.4 Å². The van der Waals surface area contributed by atoms with Crippen molar-refractivity contribution in [1.29, 1.82) is 0 Å². The number of hydrogen-bond donors (Lipinski definition) is 1. The van der Waals surface area contributed by atoms with E-state index in [1.165, 1.54) is 11.4 Å². The maximum Gasteiger partial charge on any atom is 0.258 e. The zero-order valence-corrected chi connectivity index (χ0v) is 17.6. The minimum absolute atomic E-state index is 0.0666. The molecule has 152 valence electrons.